The molecule has 152 valence electrons. The first kappa shape index (κ1) is 18.7. The lowest BCUT2D eigenvalue weighted by atomic mass is 9.83. The first-order valence-electron chi connectivity index (χ1n) is 10.4. The van der Waals surface area contributed by atoms with Gasteiger partial charge in [-0.25, -0.2) is 0 Å². The molecule has 1 heterocycles. The molecule has 5 heteroatoms. The van der Waals surface area contributed by atoms with Gasteiger partial charge in [0.15, 0.2) is 11.5 Å². The third-order valence-electron chi connectivity index (χ3n) is 5.78. The van der Waals surface area contributed by atoms with Crippen molar-refractivity contribution in [1.29, 1.82) is 0 Å². The van der Waals surface area contributed by atoms with Crippen LogP contribution in [0.2, 0.25) is 0 Å². The summed E-state index contributed by atoms with van der Waals surface area (Å²) in [6, 6.07) is 17.8. The van der Waals surface area contributed by atoms with Gasteiger partial charge in [-0.3, -0.25) is 9.59 Å². The third kappa shape index (κ3) is 3.41. The lowest BCUT2D eigenvalue weighted by Crippen LogP contribution is -2.23. The van der Waals surface area contributed by atoms with Gasteiger partial charge in [-0.1, -0.05) is 42.5 Å². The van der Waals surface area contributed by atoms with Gasteiger partial charge in [0.1, 0.15) is 0 Å². The monoisotopic (exact) mass is 401 g/mol. The van der Waals surface area contributed by atoms with Crippen molar-refractivity contribution < 1.29 is 19.1 Å². The predicted molar refractivity (Wildman–Crippen MR) is 115 cm³/mol. The van der Waals surface area contributed by atoms with Gasteiger partial charge in [0.05, 0.1) is 18.2 Å². The summed E-state index contributed by atoms with van der Waals surface area (Å²) in [4.78, 5) is 24.7. The number of hydrogen-bond donors (Lipinski definition) is 1. The number of carbonyl (C=O) groups excluding carboxylic acids is 2. The van der Waals surface area contributed by atoms with Crippen molar-refractivity contribution in [1.82, 2.24) is 0 Å². The van der Waals surface area contributed by atoms with Crippen LogP contribution in [0.25, 0.3) is 10.8 Å². The average Bonchev–Trinajstić information content (AvgIpc) is 3.60. The minimum Gasteiger partial charge on any atom is -0.490 e. The van der Waals surface area contributed by atoms with Crippen LogP contribution in [-0.2, 0) is 9.59 Å². The molecular formula is C25H23NO4. The highest BCUT2D eigenvalue weighted by atomic mass is 16.6. The fraction of sp³-hybridized carbons (Fsp3) is 0.280. The smallest absolute Gasteiger partial charge is 0.314 e. The summed E-state index contributed by atoms with van der Waals surface area (Å²) in [7, 11) is 0. The minimum absolute atomic E-state index is 0.00829. The van der Waals surface area contributed by atoms with Crippen LogP contribution in [-0.4, -0.2) is 18.5 Å². The Morgan fingerprint density at radius 2 is 1.90 bits per heavy atom. The third-order valence-corrected chi connectivity index (χ3v) is 5.78. The summed E-state index contributed by atoms with van der Waals surface area (Å²) in [6.45, 7) is 2.36. The molecule has 0 saturated heterocycles. The molecule has 0 radical (unpaired) electrons. The number of nitrogens with one attached hydrogen (secondary N) is 1. The quantitative estimate of drug-likeness (QED) is 0.481. The Hall–Kier alpha value is -3.34. The van der Waals surface area contributed by atoms with E-state index >= 15 is 0 Å². The first-order chi connectivity index (χ1) is 14.6. The van der Waals surface area contributed by atoms with Gasteiger partial charge < -0.3 is 14.8 Å². The molecule has 5 rings (SSSR count). The highest BCUT2D eigenvalue weighted by Crippen LogP contribution is 2.43. The number of fused-ring (bicyclic) bond motifs is 3. The number of amides is 1. The number of rotatable bonds is 5. The first-order valence-corrected chi connectivity index (χ1v) is 10.4. The maximum absolute atomic E-state index is 12.5. The highest BCUT2D eigenvalue weighted by molar-refractivity contribution is 6.06. The summed E-state index contributed by atoms with van der Waals surface area (Å²) >= 11 is 0. The topological polar surface area (TPSA) is 64.6 Å². The Kier molecular flexibility index (Phi) is 4.66. The van der Waals surface area contributed by atoms with E-state index in [1.807, 2.05) is 43.3 Å². The van der Waals surface area contributed by atoms with Crippen LogP contribution >= 0.6 is 0 Å². The largest absolute Gasteiger partial charge is 0.490 e. The summed E-state index contributed by atoms with van der Waals surface area (Å²) in [5.74, 6) is 0.699. The number of carbonyl (C=O) groups is 2. The highest BCUT2D eigenvalue weighted by Gasteiger charge is 2.33. The van der Waals surface area contributed by atoms with Crippen molar-refractivity contribution in [2.45, 2.75) is 32.1 Å². The van der Waals surface area contributed by atoms with Crippen molar-refractivity contribution in [3.8, 4) is 11.5 Å². The summed E-state index contributed by atoms with van der Waals surface area (Å²) < 4.78 is 11.3. The molecule has 0 bridgehead atoms. The minimum atomic E-state index is -0.197. The van der Waals surface area contributed by atoms with Gasteiger partial charge in [0.25, 0.3) is 0 Å². The van der Waals surface area contributed by atoms with Crippen LogP contribution in [0.5, 0.6) is 11.5 Å². The number of ether oxygens (including phenoxy) is 2. The summed E-state index contributed by atoms with van der Waals surface area (Å²) in [5, 5.41) is 5.19. The molecule has 30 heavy (non-hydrogen) atoms. The Morgan fingerprint density at radius 1 is 1.07 bits per heavy atom. The second kappa shape index (κ2) is 7.48. The molecule has 3 aromatic carbocycles. The normalized spacial score (nSPS) is 17.9. The van der Waals surface area contributed by atoms with E-state index in [2.05, 4.69) is 17.4 Å². The van der Waals surface area contributed by atoms with Gasteiger partial charge in [-0.15, -0.1) is 0 Å². The molecule has 1 aliphatic carbocycles. The molecule has 1 amide bonds. The Labute approximate surface area is 175 Å². The molecular weight excluding hydrogens is 378 g/mol. The predicted octanol–water partition coefficient (Wildman–Crippen LogP) is 5.03. The average molecular weight is 401 g/mol. The Bertz CT molecular complexity index is 1150. The Morgan fingerprint density at radius 3 is 2.70 bits per heavy atom. The molecule has 0 aromatic heterocycles. The van der Waals surface area contributed by atoms with Crippen molar-refractivity contribution in [3.05, 3.63) is 65.7 Å². The molecule has 3 aromatic rings. The molecule has 1 aliphatic heterocycles. The van der Waals surface area contributed by atoms with Gasteiger partial charge in [-0.2, -0.15) is 0 Å². The summed E-state index contributed by atoms with van der Waals surface area (Å²) in [5.41, 5.74) is 2.92. The van der Waals surface area contributed by atoms with Crippen molar-refractivity contribution in [2.24, 2.45) is 5.92 Å². The van der Waals surface area contributed by atoms with Crippen molar-refractivity contribution in [3.63, 3.8) is 0 Å². The second-order valence-corrected chi connectivity index (χ2v) is 7.89. The molecule has 5 nitrogen and oxygen atoms in total. The van der Waals surface area contributed by atoms with Crippen molar-refractivity contribution >= 4 is 28.3 Å². The standard InChI is InChI=1S/C25H23NO4/c1-2-29-22-13-17(10-12-21(22)30-25(28)16-7-8-16)20-14-23(27)26-24-18-6-4-3-5-15(18)9-11-19(20)24/h3-6,9-13,16,20H,2,7-8,14H2,1H3,(H,26,27). The van der Waals surface area contributed by atoms with Crippen LogP contribution in [0.1, 0.15) is 43.2 Å². The fourth-order valence-electron chi connectivity index (χ4n) is 4.11. The zero-order chi connectivity index (χ0) is 20.7. The zero-order valence-corrected chi connectivity index (χ0v) is 16.8. The van der Waals surface area contributed by atoms with E-state index in [0.29, 0.717) is 24.5 Å². The van der Waals surface area contributed by atoms with E-state index < -0.39 is 0 Å². The molecule has 2 aliphatic rings. The summed E-state index contributed by atoms with van der Waals surface area (Å²) in [6.07, 6.45) is 2.14. The number of hydrogen-bond acceptors (Lipinski definition) is 4. The lowest BCUT2D eigenvalue weighted by Gasteiger charge is -2.27. The van der Waals surface area contributed by atoms with Crippen LogP contribution in [0, 0.1) is 5.92 Å². The molecule has 1 saturated carbocycles. The van der Waals surface area contributed by atoms with Crippen LogP contribution in [0.4, 0.5) is 5.69 Å². The fourth-order valence-corrected chi connectivity index (χ4v) is 4.11. The van der Waals surface area contributed by atoms with Gasteiger partial charge >= 0.3 is 5.97 Å². The van der Waals surface area contributed by atoms with Gasteiger partial charge in [0.2, 0.25) is 5.91 Å². The van der Waals surface area contributed by atoms with E-state index in [1.165, 1.54) is 0 Å². The maximum Gasteiger partial charge on any atom is 0.314 e. The van der Waals surface area contributed by atoms with Crippen molar-refractivity contribution in [2.75, 3.05) is 11.9 Å². The van der Waals surface area contributed by atoms with E-state index in [4.69, 9.17) is 9.47 Å². The number of anilines is 1. The Balaban J connectivity index is 1.55. The SMILES string of the molecule is CCOc1cc(C2CC(=O)Nc3c2ccc2ccccc32)ccc1OC(=O)C1CC1. The van der Waals surface area contributed by atoms with Gasteiger partial charge in [-0.05, 0) is 48.4 Å². The van der Waals surface area contributed by atoms with Crippen LogP contribution in [0.15, 0.2) is 54.6 Å². The number of benzene rings is 3. The molecule has 1 fully saturated rings. The van der Waals surface area contributed by atoms with E-state index in [1.54, 1.807) is 6.07 Å². The molecule has 0 spiro atoms. The van der Waals surface area contributed by atoms with Crippen LogP contribution in [0.3, 0.4) is 0 Å². The molecule has 1 atom stereocenters. The second-order valence-electron chi connectivity index (χ2n) is 7.89. The van der Waals surface area contributed by atoms with Gasteiger partial charge in [0, 0.05) is 17.7 Å². The zero-order valence-electron chi connectivity index (χ0n) is 16.8. The molecule has 1 unspecified atom stereocenters. The van der Waals surface area contributed by atoms with E-state index in [-0.39, 0.29) is 23.7 Å². The maximum atomic E-state index is 12.5. The van der Waals surface area contributed by atoms with Crippen LogP contribution < -0.4 is 14.8 Å². The van der Waals surface area contributed by atoms with E-state index in [0.717, 1.165) is 40.4 Å². The van der Waals surface area contributed by atoms with E-state index in [9.17, 15) is 9.59 Å². The molecule has 1 N–H and O–H groups in total. The number of esters is 1. The lowest BCUT2D eigenvalue weighted by molar-refractivity contribution is -0.135.